The van der Waals surface area contributed by atoms with E-state index >= 15 is 0 Å². The summed E-state index contributed by atoms with van der Waals surface area (Å²) in [6, 6.07) is 9.23. The largest absolute Gasteiger partial charge is 0.295 e. The lowest BCUT2D eigenvalue weighted by Crippen LogP contribution is -2.19. The zero-order valence-electron chi connectivity index (χ0n) is 10.0. The van der Waals surface area contributed by atoms with Gasteiger partial charge >= 0.3 is 0 Å². The van der Waals surface area contributed by atoms with Crippen molar-refractivity contribution < 1.29 is 0 Å². The molecule has 0 fully saturated rings. The summed E-state index contributed by atoms with van der Waals surface area (Å²) in [4.78, 5) is 15.5. The van der Waals surface area contributed by atoms with Crippen LogP contribution in [0.1, 0.15) is 5.56 Å². The Kier molecular flexibility index (Phi) is 2.89. The van der Waals surface area contributed by atoms with Crippen LogP contribution in [0.2, 0.25) is 0 Å². The third kappa shape index (κ3) is 2.42. The molecular weight excluding hydrogens is 242 g/mol. The van der Waals surface area contributed by atoms with Gasteiger partial charge < -0.3 is 0 Å². The van der Waals surface area contributed by atoms with Crippen molar-refractivity contribution in [2.45, 2.75) is 6.54 Å². The molecule has 0 atom stereocenters. The molecule has 2 heterocycles. The highest BCUT2D eigenvalue weighted by molar-refractivity contribution is 5.33. The molecule has 0 saturated carbocycles. The summed E-state index contributed by atoms with van der Waals surface area (Å²) in [6.45, 7) is 0.504. The Morgan fingerprint density at radius 2 is 1.89 bits per heavy atom. The first-order valence-corrected chi connectivity index (χ1v) is 5.79. The van der Waals surface area contributed by atoms with Crippen LogP contribution in [0, 0.1) is 0 Å². The van der Waals surface area contributed by atoms with Crippen molar-refractivity contribution in [2.75, 3.05) is 0 Å². The Bertz CT molecular complexity index is 715. The minimum absolute atomic E-state index is 0.0599. The SMILES string of the molecule is O=c1ccncn1Cc1ccc(-n2ccnn2)cc1. The first kappa shape index (κ1) is 11.3. The topological polar surface area (TPSA) is 65.6 Å². The van der Waals surface area contributed by atoms with E-state index in [0.29, 0.717) is 6.54 Å². The smallest absolute Gasteiger partial charge is 0.253 e. The molecule has 3 aromatic rings. The van der Waals surface area contributed by atoms with Crippen LogP contribution in [0.5, 0.6) is 0 Å². The van der Waals surface area contributed by atoms with Gasteiger partial charge in [0.25, 0.3) is 5.56 Å². The van der Waals surface area contributed by atoms with Crippen LogP contribution in [0.4, 0.5) is 0 Å². The van der Waals surface area contributed by atoms with Gasteiger partial charge in [0, 0.05) is 12.3 Å². The first-order valence-electron chi connectivity index (χ1n) is 5.79. The maximum atomic E-state index is 11.6. The maximum Gasteiger partial charge on any atom is 0.253 e. The van der Waals surface area contributed by atoms with Crippen LogP contribution in [0.25, 0.3) is 5.69 Å². The molecule has 0 radical (unpaired) electrons. The average molecular weight is 253 g/mol. The summed E-state index contributed by atoms with van der Waals surface area (Å²) >= 11 is 0. The van der Waals surface area contributed by atoms with Gasteiger partial charge in [-0.1, -0.05) is 17.3 Å². The fraction of sp³-hybridized carbons (Fsp3) is 0.0769. The van der Waals surface area contributed by atoms with E-state index < -0.39 is 0 Å². The molecule has 0 spiro atoms. The van der Waals surface area contributed by atoms with Crippen molar-refractivity contribution in [2.24, 2.45) is 0 Å². The third-order valence-corrected chi connectivity index (χ3v) is 2.77. The summed E-state index contributed by atoms with van der Waals surface area (Å²) in [5, 5.41) is 7.68. The van der Waals surface area contributed by atoms with E-state index in [4.69, 9.17) is 0 Å². The summed E-state index contributed by atoms with van der Waals surface area (Å²) in [5.74, 6) is 0. The minimum Gasteiger partial charge on any atom is -0.295 e. The zero-order valence-corrected chi connectivity index (χ0v) is 10.0. The molecule has 0 bridgehead atoms. The van der Waals surface area contributed by atoms with Gasteiger partial charge in [0.15, 0.2) is 0 Å². The number of benzene rings is 1. The second kappa shape index (κ2) is 4.85. The molecule has 2 aromatic heterocycles. The normalized spacial score (nSPS) is 10.5. The van der Waals surface area contributed by atoms with Gasteiger partial charge in [-0.2, -0.15) is 0 Å². The molecule has 0 amide bonds. The molecule has 3 rings (SSSR count). The molecule has 0 N–H and O–H groups in total. The number of aromatic nitrogens is 5. The number of hydrogen-bond acceptors (Lipinski definition) is 4. The van der Waals surface area contributed by atoms with Gasteiger partial charge in [-0.05, 0) is 17.7 Å². The van der Waals surface area contributed by atoms with Gasteiger partial charge in [-0.3, -0.25) is 9.36 Å². The average Bonchev–Trinajstić information content (AvgIpc) is 2.96. The second-order valence-electron chi connectivity index (χ2n) is 4.06. The van der Waals surface area contributed by atoms with E-state index in [0.717, 1.165) is 11.3 Å². The fourth-order valence-electron chi connectivity index (χ4n) is 1.79. The van der Waals surface area contributed by atoms with E-state index in [9.17, 15) is 4.79 Å². The van der Waals surface area contributed by atoms with Crippen LogP contribution in [0.3, 0.4) is 0 Å². The quantitative estimate of drug-likeness (QED) is 0.694. The highest BCUT2D eigenvalue weighted by atomic mass is 16.1. The predicted octanol–water partition coefficient (Wildman–Crippen LogP) is 0.872. The van der Waals surface area contributed by atoms with Crippen LogP contribution >= 0.6 is 0 Å². The summed E-state index contributed by atoms with van der Waals surface area (Å²) in [5.41, 5.74) is 1.90. The third-order valence-electron chi connectivity index (χ3n) is 2.77. The highest BCUT2D eigenvalue weighted by Gasteiger charge is 2.00. The van der Waals surface area contributed by atoms with Crippen LogP contribution < -0.4 is 5.56 Å². The van der Waals surface area contributed by atoms with E-state index in [2.05, 4.69) is 15.3 Å². The van der Waals surface area contributed by atoms with Crippen molar-refractivity contribution in [3.63, 3.8) is 0 Å². The van der Waals surface area contributed by atoms with Crippen LogP contribution in [-0.2, 0) is 6.54 Å². The number of hydrogen-bond donors (Lipinski definition) is 0. The molecule has 0 saturated heterocycles. The van der Waals surface area contributed by atoms with Gasteiger partial charge in [0.05, 0.1) is 31.0 Å². The zero-order chi connectivity index (χ0) is 13.1. The Balaban J connectivity index is 1.84. The van der Waals surface area contributed by atoms with Crippen molar-refractivity contribution in [1.82, 2.24) is 24.5 Å². The molecule has 6 heteroatoms. The fourth-order valence-corrected chi connectivity index (χ4v) is 1.79. The molecular formula is C13H11N5O. The summed E-state index contributed by atoms with van der Waals surface area (Å²) < 4.78 is 3.24. The molecule has 0 unspecified atom stereocenters. The van der Waals surface area contributed by atoms with Crippen LogP contribution in [0.15, 0.2) is 60.0 Å². The van der Waals surface area contributed by atoms with E-state index in [1.54, 1.807) is 21.6 Å². The molecule has 0 aliphatic heterocycles. The Morgan fingerprint density at radius 3 is 2.58 bits per heavy atom. The molecule has 1 aromatic carbocycles. The van der Waals surface area contributed by atoms with Crippen LogP contribution in [-0.4, -0.2) is 24.5 Å². The van der Waals surface area contributed by atoms with Gasteiger partial charge in [0.2, 0.25) is 0 Å². The van der Waals surface area contributed by atoms with E-state index in [1.165, 1.54) is 18.6 Å². The lowest BCUT2D eigenvalue weighted by Gasteiger charge is -2.05. The Hall–Kier alpha value is -2.76. The standard InChI is InChI=1S/C13H11N5O/c19-13-5-6-14-10-17(13)9-11-1-3-12(4-2-11)18-8-7-15-16-18/h1-8,10H,9H2. The Labute approximate surface area is 109 Å². The van der Waals surface area contributed by atoms with E-state index in [-0.39, 0.29) is 5.56 Å². The lowest BCUT2D eigenvalue weighted by molar-refractivity contribution is 0.734. The minimum atomic E-state index is -0.0599. The predicted molar refractivity (Wildman–Crippen MR) is 69.0 cm³/mol. The Morgan fingerprint density at radius 1 is 1.05 bits per heavy atom. The summed E-state index contributed by atoms with van der Waals surface area (Å²) in [6.07, 6.45) is 6.43. The second-order valence-corrected chi connectivity index (χ2v) is 4.06. The molecule has 0 aliphatic carbocycles. The highest BCUT2D eigenvalue weighted by Crippen LogP contribution is 2.08. The monoisotopic (exact) mass is 253 g/mol. The van der Waals surface area contributed by atoms with Crippen molar-refractivity contribution >= 4 is 0 Å². The summed E-state index contributed by atoms with van der Waals surface area (Å²) in [7, 11) is 0. The van der Waals surface area contributed by atoms with Gasteiger partial charge in [-0.15, -0.1) is 5.10 Å². The number of rotatable bonds is 3. The van der Waals surface area contributed by atoms with Crippen molar-refractivity contribution in [3.05, 3.63) is 71.2 Å². The maximum absolute atomic E-state index is 11.6. The number of nitrogens with zero attached hydrogens (tertiary/aromatic N) is 5. The van der Waals surface area contributed by atoms with E-state index in [1.807, 2.05) is 24.3 Å². The van der Waals surface area contributed by atoms with Crippen molar-refractivity contribution in [1.29, 1.82) is 0 Å². The molecule has 0 aliphatic rings. The van der Waals surface area contributed by atoms with Gasteiger partial charge in [0.1, 0.15) is 0 Å². The van der Waals surface area contributed by atoms with Gasteiger partial charge in [-0.25, -0.2) is 9.67 Å². The molecule has 94 valence electrons. The first-order chi connectivity index (χ1) is 9.33. The molecule has 19 heavy (non-hydrogen) atoms. The van der Waals surface area contributed by atoms with Crippen molar-refractivity contribution in [3.8, 4) is 5.69 Å². The lowest BCUT2D eigenvalue weighted by atomic mass is 10.2. The molecule has 6 nitrogen and oxygen atoms in total.